The molecule has 12 aromatic rings. The van der Waals surface area contributed by atoms with E-state index in [2.05, 4.69) is 321 Å². The molecule has 11 aromatic carbocycles. The van der Waals surface area contributed by atoms with Gasteiger partial charge in [0.2, 0.25) is 0 Å². The molecule has 0 saturated carbocycles. The Morgan fingerprint density at radius 2 is 0.902 bits per heavy atom. The summed E-state index contributed by atoms with van der Waals surface area (Å²) in [6.07, 6.45) is 10.5. The number of rotatable bonds is 6. The van der Waals surface area contributed by atoms with E-state index in [4.69, 9.17) is 0 Å². The van der Waals surface area contributed by atoms with Gasteiger partial charge in [-0.2, -0.15) is 0 Å². The van der Waals surface area contributed by atoms with Gasteiger partial charge in [-0.25, -0.2) is 0 Å². The first-order valence-electron chi connectivity index (χ1n) is 29.0. The van der Waals surface area contributed by atoms with Gasteiger partial charge in [-0.3, -0.25) is 0 Å². The number of aromatic nitrogens is 1. The van der Waals surface area contributed by atoms with E-state index in [0.29, 0.717) is 0 Å². The Balaban J connectivity index is 0.918. The fraction of sp³-hybridized carbons (Fsp3) is 0.0750. The van der Waals surface area contributed by atoms with Crippen molar-refractivity contribution >= 4 is 44.3 Å². The average molecular weight is 1050 g/mol. The summed E-state index contributed by atoms with van der Waals surface area (Å²) in [5, 5.41) is 2.46. The molecule has 0 saturated heterocycles. The van der Waals surface area contributed by atoms with Crippen LogP contribution in [0.1, 0.15) is 47.2 Å². The van der Waals surface area contributed by atoms with Crippen molar-refractivity contribution in [1.82, 2.24) is 4.57 Å². The molecule has 17 rings (SSSR count). The molecule has 0 radical (unpaired) electrons. The maximum atomic E-state index is 2.68. The minimum Gasteiger partial charge on any atom is -0.310 e. The summed E-state index contributed by atoms with van der Waals surface area (Å²) in [4.78, 5) is 2.58. The second-order valence-corrected chi connectivity index (χ2v) is 23.3. The summed E-state index contributed by atoms with van der Waals surface area (Å²) in [6.45, 7) is 5.14. The lowest BCUT2D eigenvalue weighted by molar-refractivity contribution is 0.236. The third-order valence-electron chi connectivity index (χ3n) is 19.6. The van der Waals surface area contributed by atoms with Gasteiger partial charge in [-0.05, 0) is 162 Å². The van der Waals surface area contributed by atoms with E-state index in [0.717, 1.165) is 11.4 Å². The standard InChI is InChI=1S/C80H56N2/c1-52-77-63(57-40-43-75-68(49-57)66-30-14-20-36-73(66)82(75)61-47-58(54-24-8-4-9-25-54)46-59(48-61)55-26-10-5-11-27-55)44-45-79(52)51-62(81(74-37-21-15-31-67(74)77)60-41-38-56(39-42-60)53-22-6-3-7-23-53)50-76-78(79,2)71-34-18-19-35-72(71)80(76)69-32-16-12-28-64(69)65-29-13-17-33-70(65)80/h3-52H,1-2H3. The van der Waals surface area contributed by atoms with E-state index in [-0.39, 0.29) is 5.92 Å². The maximum Gasteiger partial charge on any atom is 0.0689 e. The quantitative estimate of drug-likeness (QED) is 0.161. The highest BCUT2D eigenvalue weighted by Gasteiger charge is 2.68. The van der Waals surface area contributed by atoms with Crippen LogP contribution in [0.3, 0.4) is 0 Å². The van der Waals surface area contributed by atoms with Crippen molar-refractivity contribution < 1.29 is 0 Å². The highest BCUT2D eigenvalue weighted by molar-refractivity contribution is 6.12. The Morgan fingerprint density at radius 3 is 1.56 bits per heavy atom. The summed E-state index contributed by atoms with van der Waals surface area (Å²) in [7, 11) is 0. The predicted octanol–water partition coefficient (Wildman–Crippen LogP) is 20.1. The molecule has 0 N–H and O–H groups in total. The first-order chi connectivity index (χ1) is 40.4. The van der Waals surface area contributed by atoms with Gasteiger partial charge >= 0.3 is 0 Å². The van der Waals surface area contributed by atoms with Crippen LogP contribution in [0.15, 0.2) is 309 Å². The predicted molar refractivity (Wildman–Crippen MR) is 341 cm³/mol. The fourth-order valence-electron chi connectivity index (χ4n) is 16.0. The van der Waals surface area contributed by atoms with Crippen LogP contribution in [-0.2, 0) is 10.8 Å². The Hall–Kier alpha value is -10.0. The SMILES string of the molecule is CC1C2=C(c3ccc4c(c3)c3ccccc3n4-c3cc(-c4ccccc4)cc(-c4ccccc4)c3)C=CC13C=C(C=C1C4(c5ccccc5-c5ccccc54)c4ccccc4C13C)N(c1ccc(-c3ccccc3)cc1)c1ccccc12. The minimum atomic E-state index is -0.522. The minimum absolute atomic E-state index is 0.0317. The van der Waals surface area contributed by atoms with Crippen LogP contribution in [0, 0.1) is 11.3 Å². The van der Waals surface area contributed by atoms with Crippen molar-refractivity contribution in [3.8, 4) is 50.2 Å². The van der Waals surface area contributed by atoms with Gasteiger partial charge in [0, 0.05) is 44.2 Å². The molecule has 386 valence electrons. The van der Waals surface area contributed by atoms with Gasteiger partial charge in [0.05, 0.1) is 22.1 Å². The monoisotopic (exact) mass is 1040 g/mol. The van der Waals surface area contributed by atoms with Gasteiger partial charge in [0.1, 0.15) is 0 Å². The van der Waals surface area contributed by atoms with E-state index in [1.165, 1.54) is 128 Å². The van der Waals surface area contributed by atoms with Crippen molar-refractivity contribution in [3.05, 3.63) is 342 Å². The molecule has 0 amide bonds. The summed E-state index contributed by atoms with van der Waals surface area (Å²) in [5.41, 5.74) is 27.4. The highest BCUT2D eigenvalue weighted by atomic mass is 15.2. The molecule has 82 heavy (non-hydrogen) atoms. The van der Waals surface area contributed by atoms with E-state index >= 15 is 0 Å². The Labute approximate surface area is 479 Å². The molecule has 5 aliphatic rings. The van der Waals surface area contributed by atoms with E-state index in [1.807, 2.05) is 0 Å². The van der Waals surface area contributed by atoms with Gasteiger partial charge in [0.15, 0.2) is 0 Å². The lowest BCUT2D eigenvalue weighted by atomic mass is 9.47. The molecular formula is C80H56N2. The number of hydrogen-bond donors (Lipinski definition) is 0. The van der Waals surface area contributed by atoms with Gasteiger partial charge in [0.25, 0.3) is 0 Å². The fourth-order valence-corrected chi connectivity index (χ4v) is 16.0. The molecule has 2 heteroatoms. The normalized spacial score (nSPS) is 19.4. The molecular weight excluding hydrogens is 989 g/mol. The molecule has 1 aromatic heterocycles. The van der Waals surface area contributed by atoms with Crippen LogP contribution in [0.25, 0.3) is 83.1 Å². The topological polar surface area (TPSA) is 8.17 Å². The zero-order chi connectivity index (χ0) is 54.3. The summed E-state index contributed by atoms with van der Waals surface area (Å²) in [5.74, 6) is 0.0317. The second kappa shape index (κ2) is 17.5. The second-order valence-electron chi connectivity index (χ2n) is 23.3. The largest absolute Gasteiger partial charge is 0.310 e. The zero-order valence-electron chi connectivity index (χ0n) is 45.8. The molecule has 3 unspecified atom stereocenters. The summed E-state index contributed by atoms with van der Waals surface area (Å²) < 4.78 is 2.49. The van der Waals surface area contributed by atoms with Crippen molar-refractivity contribution in [2.45, 2.75) is 24.7 Å². The Bertz CT molecular complexity index is 4660. The van der Waals surface area contributed by atoms with Crippen molar-refractivity contribution in [3.63, 3.8) is 0 Å². The molecule has 0 fully saturated rings. The molecule has 4 aliphatic carbocycles. The van der Waals surface area contributed by atoms with E-state index in [9.17, 15) is 0 Å². The van der Waals surface area contributed by atoms with Crippen LogP contribution in [0.4, 0.5) is 11.4 Å². The van der Waals surface area contributed by atoms with Crippen molar-refractivity contribution in [2.75, 3.05) is 4.90 Å². The number of anilines is 2. The van der Waals surface area contributed by atoms with Crippen LogP contribution in [-0.4, -0.2) is 4.57 Å². The first kappa shape index (κ1) is 46.9. The summed E-state index contributed by atoms with van der Waals surface area (Å²) >= 11 is 0. The smallest absolute Gasteiger partial charge is 0.0689 e. The molecule has 3 bridgehead atoms. The van der Waals surface area contributed by atoms with Crippen molar-refractivity contribution in [1.29, 1.82) is 0 Å². The van der Waals surface area contributed by atoms with Crippen LogP contribution in [0.2, 0.25) is 0 Å². The lowest BCUT2D eigenvalue weighted by Gasteiger charge is -2.56. The average Bonchev–Trinajstić information content (AvgIpc) is 2.05. The molecule has 2 heterocycles. The first-order valence-corrected chi connectivity index (χ1v) is 29.0. The van der Waals surface area contributed by atoms with Gasteiger partial charge < -0.3 is 9.47 Å². The molecule has 1 aliphatic heterocycles. The maximum absolute atomic E-state index is 2.68. The number of nitrogens with zero attached hydrogens (tertiary/aromatic N) is 2. The van der Waals surface area contributed by atoms with Crippen LogP contribution >= 0.6 is 0 Å². The number of allylic oxidation sites excluding steroid dienone is 7. The number of hydrogen-bond acceptors (Lipinski definition) is 1. The highest BCUT2D eigenvalue weighted by Crippen LogP contribution is 2.74. The van der Waals surface area contributed by atoms with E-state index in [1.54, 1.807) is 0 Å². The molecule has 2 spiro atoms. The summed E-state index contributed by atoms with van der Waals surface area (Å²) in [6, 6.07) is 102. The third-order valence-corrected chi connectivity index (χ3v) is 19.6. The Kier molecular flexibility index (Phi) is 9.99. The number of benzene rings is 11. The van der Waals surface area contributed by atoms with Crippen molar-refractivity contribution in [2.24, 2.45) is 11.3 Å². The van der Waals surface area contributed by atoms with Gasteiger partial charge in [-0.1, -0.05) is 244 Å². The van der Waals surface area contributed by atoms with Crippen LogP contribution < -0.4 is 4.90 Å². The van der Waals surface area contributed by atoms with Crippen LogP contribution in [0.5, 0.6) is 0 Å². The zero-order valence-corrected chi connectivity index (χ0v) is 45.8. The molecule has 2 nitrogen and oxygen atoms in total. The molecule has 3 atom stereocenters. The van der Waals surface area contributed by atoms with E-state index < -0.39 is 16.2 Å². The Morgan fingerprint density at radius 1 is 0.390 bits per heavy atom. The number of para-hydroxylation sites is 2. The third kappa shape index (κ3) is 6.30. The lowest BCUT2D eigenvalue weighted by Crippen LogP contribution is -2.51. The van der Waals surface area contributed by atoms with Gasteiger partial charge in [-0.15, -0.1) is 0 Å². The number of fused-ring (bicyclic) bond motifs is 16.